The average molecular weight is 543 g/mol. The standard InChI is InChI=1S/C29H31FN8O2/c1-29(2,3)38-14-19(13-32-38)33-28-35-25(34-27(31)36-28)20-5-4-6-23(21(20)15-39)37-10-9-17-11-18(16-7-8-16)12-22(30)24(17)26(37)40/h4-6,11-14,16,39H,7-10,15H2,1-3H3,(H3,31,33,34,35,36). The summed E-state index contributed by atoms with van der Waals surface area (Å²) in [6.45, 7) is 6.09. The lowest BCUT2D eigenvalue weighted by molar-refractivity contribution is 0.0976. The quantitative estimate of drug-likeness (QED) is 0.324. The predicted octanol–water partition coefficient (Wildman–Crippen LogP) is 4.53. The van der Waals surface area contributed by atoms with Gasteiger partial charge in [-0.05, 0) is 69.2 Å². The van der Waals surface area contributed by atoms with Crippen LogP contribution in [0.15, 0.2) is 42.7 Å². The van der Waals surface area contributed by atoms with Crippen LogP contribution in [0.1, 0.15) is 66.6 Å². The number of fused-ring (bicyclic) bond motifs is 1. The van der Waals surface area contributed by atoms with E-state index in [2.05, 4.69) is 25.4 Å². The summed E-state index contributed by atoms with van der Waals surface area (Å²) in [4.78, 5) is 28.1. The number of aromatic nitrogens is 5. The molecule has 1 fully saturated rings. The van der Waals surface area contributed by atoms with Crippen molar-refractivity contribution in [2.45, 2.75) is 58.1 Å². The SMILES string of the molecule is CC(C)(C)n1cc(Nc2nc(N)nc(-c3cccc(N4CCc5cc(C6CC6)cc(F)c5C4=O)c3CO)n2)cn1. The van der Waals surface area contributed by atoms with Gasteiger partial charge in [0.1, 0.15) is 5.82 Å². The molecule has 0 radical (unpaired) electrons. The van der Waals surface area contributed by atoms with Gasteiger partial charge in [0.25, 0.3) is 5.91 Å². The van der Waals surface area contributed by atoms with Crippen molar-refractivity contribution in [2.75, 3.05) is 22.5 Å². The molecule has 1 saturated carbocycles. The molecule has 0 saturated heterocycles. The number of aliphatic hydroxyl groups is 1. The van der Waals surface area contributed by atoms with Crippen LogP contribution in [0.4, 0.5) is 27.7 Å². The van der Waals surface area contributed by atoms with Gasteiger partial charge >= 0.3 is 0 Å². The molecule has 1 aliphatic carbocycles. The van der Waals surface area contributed by atoms with Gasteiger partial charge in [-0.1, -0.05) is 18.2 Å². The molecule has 4 N–H and O–H groups in total. The van der Waals surface area contributed by atoms with Crippen LogP contribution >= 0.6 is 0 Å². The van der Waals surface area contributed by atoms with Crippen molar-refractivity contribution >= 4 is 29.2 Å². The lowest BCUT2D eigenvalue weighted by Gasteiger charge is -2.31. The highest BCUT2D eigenvalue weighted by molar-refractivity contribution is 6.09. The molecule has 6 rings (SSSR count). The number of hydrogen-bond donors (Lipinski definition) is 3. The zero-order chi connectivity index (χ0) is 28.2. The van der Waals surface area contributed by atoms with E-state index < -0.39 is 18.3 Å². The summed E-state index contributed by atoms with van der Waals surface area (Å²) >= 11 is 0. The summed E-state index contributed by atoms with van der Waals surface area (Å²) in [5.74, 6) is -0.0992. The maximum atomic E-state index is 15.2. The van der Waals surface area contributed by atoms with Gasteiger partial charge in [-0.3, -0.25) is 9.48 Å². The largest absolute Gasteiger partial charge is 0.392 e. The number of benzene rings is 2. The number of nitrogens with zero attached hydrogens (tertiary/aromatic N) is 6. The first-order valence-corrected chi connectivity index (χ1v) is 13.3. The maximum absolute atomic E-state index is 15.2. The van der Waals surface area contributed by atoms with Gasteiger partial charge in [-0.2, -0.15) is 20.1 Å². The fourth-order valence-corrected chi connectivity index (χ4v) is 5.13. The van der Waals surface area contributed by atoms with Crippen LogP contribution in [0.5, 0.6) is 0 Å². The molecular formula is C29H31FN8O2. The Morgan fingerprint density at radius 2 is 1.98 bits per heavy atom. The van der Waals surface area contributed by atoms with E-state index in [1.807, 2.05) is 37.7 Å². The Morgan fingerprint density at radius 1 is 1.18 bits per heavy atom. The van der Waals surface area contributed by atoms with Gasteiger partial charge in [0, 0.05) is 23.9 Å². The Balaban J connectivity index is 1.34. The lowest BCUT2D eigenvalue weighted by Crippen LogP contribution is -2.39. The molecule has 2 aromatic heterocycles. The third-order valence-electron chi connectivity index (χ3n) is 7.33. The van der Waals surface area contributed by atoms with E-state index in [1.54, 1.807) is 24.4 Å². The van der Waals surface area contributed by atoms with Gasteiger partial charge < -0.3 is 21.1 Å². The highest BCUT2D eigenvalue weighted by atomic mass is 19.1. The fourth-order valence-electron chi connectivity index (χ4n) is 5.13. The molecule has 0 bridgehead atoms. The number of nitrogens with two attached hydrogens (primary N) is 1. The third-order valence-corrected chi connectivity index (χ3v) is 7.33. The summed E-state index contributed by atoms with van der Waals surface area (Å²) in [6, 6.07) is 8.70. The second-order valence-electron chi connectivity index (χ2n) is 11.3. The van der Waals surface area contributed by atoms with Crippen molar-refractivity contribution in [3.8, 4) is 11.4 Å². The molecule has 0 spiro atoms. The summed E-state index contributed by atoms with van der Waals surface area (Å²) in [5, 5.41) is 17.9. The highest BCUT2D eigenvalue weighted by Gasteiger charge is 2.33. The Morgan fingerprint density at radius 3 is 2.67 bits per heavy atom. The fraction of sp³-hybridized carbons (Fsp3) is 0.345. The minimum Gasteiger partial charge on any atom is -0.392 e. The molecule has 0 atom stereocenters. The molecule has 4 aromatic rings. The van der Waals surface area contributed by atoms with Crippen LogP contribution in [0.2, 0.25) is 0 Å². The Kier molecular flexibility index (Phi) is 6.25. The summed E-state index contributed by atoms with van der Waals surface area (Å²) < 4.78 is 17.0. The molecule has 40 heavy (non-hydrogen) atoms. The molecular weight excluding hydrogens is 511 g/mol. The zero-order valence-electron chi connectivity index (χ0n) is 22.6. The molecule has 0 unspecified atom stereocenters. The van der Waals surface area contributed by atoms with E-state index in [9.17, 15) is 9.90 Å². The first-order valence-electron chi connectivity index (χ1n) is 13.3. The number of hydrogen-bond acceptors (Lipinski definition) is 8. The topological polar surface area (TPSA) is 135 Å². The molecule has 1 amide bonds. The Bertz CT molecular complexity index is 1620. The monoisotopic (exact) mass is 542 g/mol. The summed E-state index contributed by atoms with van der Waals surface area (Å²) in [6.07, 6.45) is 6.14. The molecule has 10 nitrogen and oxygen atoms in total. The van der Waals surface area contributed by atoms with Crippen LogP contribution in [0.25, 0.3) is 11.4 Å². The number of nitrogens with one attached hydrogen (secondary N) is 1. The molecule has 2 aromatic carbocycles. The van der Waals surface area contributed by atoms with Crippen molar-refractivity contribution in [3.63, 3.8) is 0 Å². The molecule has 206 valence electrons. The lowest BCUT2D eigenvalue weighted by atomic mass is 9.93. The van der Waals surface area contributed by atoms with Gasteiger partial charge in [-0.25, -0.2) is 4.39 Å². The number of rotatable bonds is 6. The third kappa shape index (κ3) is 4.77. The van der Waals surface area contributed by atoms with E-state index in [4.69, 9.17) is 5.73 Å². The number of nitrogen functional groups attached to an aromatic ring is 1. The van der Waals surface area contributed by atoms with Crippen molar-refractivity contribution in [3.05, 3.63) is 70.8 Å². The average Bonchev–Trinajstić information content (AvgIpc) is 3.65. The van der Waals surface area contributed by atoms with Gasteiger partial charge in [0.2, 0.25) is 11.9 Å². The van der Waals surface area contributed by atoms with Gasteiger partial charge in [0.05, 0.1) is 35.3 Å². The second-order valence-corrected chi connectivity index (χ2v) is 11.3. The normalized spacial score (nSPS) is 15.3. The van der Waals surface area contributed by atoms with Crippen molar-refractivity contribution in [1.82, 2.24) is 24.7 Å². The van der Waals surface area contributed by atoms with Crippen LogP contribution in [0.3, 0.4) is 0 Å². The molecule has 1 aliphatic heterocycles. The van der Waals surface area contributed by atoms with Crippen molar-refractivity contribution in [1.29, 1.82) is 0 Å². The molecule has 3 heterocycles. The maximum Gasteiger partial charge on any atom is 0.261 e. The first-order chi connectivity index (χ1) is 19.1. The number of anilines is 4. The summed E-state index contributed by atoms with van der Waals surface area (Å²) in [5.41, 5.74) is 9.71. The van der Waals surface area contributed by atoms with E-state index in [-0.39, 0.29) is 28.8 Å². The highest BCUT2D eigenvalue weighted by Crippen LogP contribution is 2.42. The van der Waals surface area contributed by atoms with Crippen LogP contribution < -0.4 is 16.0 Å². The van der Waals surface area contributed by atoms with E-state index >= 15 is 4.39 Å². The molecule has 2 aliphatic rings. The Hall–Kier alpha value is -4.38. The summed E-state index contributed by atoms with van der Waals surface area (Å²) in [7, 11) is 0. The molecule has 11 heteroatoms. The van der Waals surface area contributed by atoms with Crippen LogP contribution in [0, 0.1) is 5.82 Å². The van der Waals surface area contributed by atoms with Gasteiger partial charge in [0.15, 0.2) is 5.82 Å². The minimum atomic E-state index is -0.494. The number of halogens is 1. The minimum absolute atomic E-state index is 0.0125. The van der Waals surface area contributed by atoms with E-state index in [1.165, 1.54) is 11.0 Å². The smallest absolute Gasteiger partial charge is 0.261 e. The first kappa shape index (κ1) is 25.9. The van der Waals surface area contributed by atoms with Crippen molar-refractivity contribution < 1.29 is 14.3 Å². The van der Waals surface area contributed by atoms with E-state index in [0.29, 0.717) is 41.4 Å². The Labute approximate surface area is 231 Å². The van der Waals surface area contributed by atoms with Crippen molar-refractivity contribution in [2.24, 2.45) is 0 Å². The number of carbonyl (C=O) groups is 1. The van der Waals surface area contributed by atoms with E-state index in [0.717, 1.165) is 24.0 Å². The number of carbonyl (C=O) groups excluding carboxylic acids is 1. The number of amides is 1. The van der Waals surface area contributed by atoms with Gasteiger partial charge in [-0.15, -0.1) is 0 Å². The predicted molar refractivity (Wildman–Crippen MR) is 150 cm³/mol. The zero-order valence-corrected chi connectivity index (χ0v) is 22.6. The van der Waals surface area contributed by atoms with Crippen LogP contribution in [-0.2, 0) is 18.6 Å². The second kappa shape index (κ2) is 9.67. The van der Waals surface area contributed by atoms with Crippen LogP contribution in [-0.4, -0.2) is 42.3 Å². The number of aliphatic hydroxyl groups excluding tert-OH is 1.